The molecule has 5 heteroatoms. The zero-order valence-electron chi connectivity index (χ0n) is 30.5. The SMILES string of the molecule is N#Cc1ccc2oc3c(-c4ccc(-c5nc(-c6ccc(C78C[C@H]9C[C@@H](C7)C[C@@H](C8)C9)cc6)nc(-c6cccc(-c7ccccc7)c6)n5)cc4)cccc3c2c1. The number of nitriles is 1. The fraction of sp³-hybridized carbons (Fsp3) is 0.200. The second kappa shape index (κ2) is 12.6. The first-order valence-corrected chi connectivity index (χ1v) is 19.6. The highest BCUT2D eigenvalue weighted by atomic mass is 16.3. The molecule has 264 valence electrons. The topological polar surface area (TPSA) is 75.6 Å². The second-order valence-corrected chi connectivity index (χ2v) is 16.2. The van der Waals surface area contributed by atoms with E-state index < -0.39 is 0 Å². The minimum absolute atomic E-state index is 0.342. The summed E-state index contributed by atoms with van der Waals surface area (Å²) in [6, 6.07) is 50.5. The summed E-state index contributed by atoms with van der Waals surface area (Å²) in [5.41, 5.74) is 11.2. The maximum atomic E-state index is 9.49. The maximum Gasteiger partial charge on any atom is 0.164 e. The fourth-order valence-corrected chi connectivity index (χ4v) is 10.6. The van der Waals surface area contributed by atoms with Crippen molar-refractivity contribution in [2.75, 3.05) is 0 Å². The molecule has 0 spiro atoms. The Hall–Kier alpha value is -6.38. The number of benzene rings is 6. The van der Waals surface area contributed by atoms with Crippen molar-refractivity contribution in [3.63, 3.8) is 0 Å². The molecule has 0 N–H and O–H groups in total. The van der Waals surface area contributed by atoms with Crippen molar-refractivity contribution in [2.45, 2.75) is 43.9 Å². The third kappa shape index (κ3) is 5.55. The van der Waals surface area contributed by atoms with E-state index in [9.17, 15) is 5.26 Å². The van der Waals surface area contributed by atoms with Crippen molar-refractivity contribution < 1.29 is 4.42 Å². The minimum atomic E-state index is 0.342. The van der Waals surface area contributed by atoms with Crippen LogP contribution in [0.4, 0.5) is 0 Å². The average molecular weight is 711 g/mol. The number of nitrogens with zero attached hydrogens (tertiary/aromatic N) is 4. The van der Waals surface area contributed by atoms with Crippen LogP contribution in [0.2, 0.25) is 0 Å². The van der Waals surface area contributed by atoms with Gasteiger partial charge in [0.1, 0.15) is 11.2 Å². The van der Waals surface area contributed by atoms with Gasteiger partial charge in [0, 0.05) is 33.0 Å². The Morgan fingerprint density at radius 3 is 1.76 bits per heavy atom. The number of hydrogen-bond acceptors (Lipinski definition) is 5. The summed E-state index contributed by atoms with van der Waals surface area (Å²) in [5.74, 6) is 4.67. The Morgan fingerprint density at radius 2 is 1.09 bits per heavy atom. The normalized spacial score (nSPS) is 21.3. The van der Waals surface area contributed by atoms with Crippen LogP contribution in [-0.4, -0.2) is 15.0 Å². The molecule has 0 aliphatic heterocycles. The molecule has 0 atom stereocenters. The average Bonchev–Trinajstić information content (AvgIpc) is 3.62. The van der Waals surface area contributed by atoms with Crippen LogP contribution in [0.3, 0.4) is 0 Å². The molecule has 4 aliphatic carbocycles. The monoisotopic (exact) mass is 710 g/mol. The van der Waals surface area contributed by atoms with Crippen LogP contribution in [0.5, 0.6) is 0 Å². The molecular weight excluding hydrogens is 673 g/mol. The Morgan fingerprint density at radius 1 is 0.509 bits per heavy atom. The molecule has 0 saturated heterocycles. The zero-order chi connectivity index (χ0) is 36.5. The Bertz CT molecular complexity index is 2760. The van der Waals surface area contributed by atoms with Gasteiger partial charge < -0.3 is 4.42 Å². The lowest BCUT2D eigenvalue weighted by Crippen LogP contribution is -2.48. The zero-order valence-corrected chi connectivity index (χ0v) is 30.5. The van der Waals surface area contributed by atoms with E-state index in [2.05, 4.69) is 115 Å². The van der Waals surface area contributed by atoms with Crippen LogP contribution >= 0.6 is 0 Å². The lowest BCUT2D eigenvalue weighted by Gasteiger charge is -2.57. The van der Waals surface area contributed by atoms with Gasteiger partial charge in [-0.05, 0) is 108 Å². The lowest BCUT2D eigenvalue weighted by atomic mass is 9.48. The van der Waals surface area contributed by atoms with Gasteiger partial charge in [-0.25, -0.2) is 15.0 Å². The molecule has 6 aromatic carbocycles. The predicted molar refractivity (Wildman–Crippen MR) is 219 cm³/mol. The molecule has 4 bridgehead atoms. The molecule has 4 saturated carbocycles. The summed E-state index contributed by atoms with van der Waals surface area (Å²) in [6.45, 7) is 0. The molecule has 0 unspecified atom stereocenters. The standard InChI is InChI=1S/C50H38N4O/c51-30-31-12-21-45-44(25-31)43-11-5-10-42(46(43)55-45)36-13-15-37(16-14-36)47-52-48(54-49(53-47)40-9-4-8-39(26-40)35-6-2-1-3-7-35)38-17-19-41(20-18-38)50-27-32-22-33(28-50)24-34(23-32)29-50/h1-21,25-26,32-34H,22-24,27-29H2/t32-,33+,34-,50?. The van der Waals surface area contributed by atoms with Crippen LogP contribution in [-0.2, 0) is 5.41 Å². The molecule has 5 nitrogen and oxygen atoms in total. The van der Waals surface area contributed by atoms with Gasteiger partial charge in [0.2, 0.25) is 0 Å². The highest BCUT2D eigenvalue weighted by Crippen LogP contribution is 2.60. The Kier molecular flexibility index (Phi) is 7.35. The van der Waals surface area contributed by atoms with Gasteiger partial charge in [-0.2, -0.15) is 5.26 Å². The van der Waals surface area contributed by atoms with Crippen molar-refractivity contribution in [1.82, 2.24) is 15.0 Å². The largest absolute Gasteiger partial charge is 0.455 e. The smallest absolute Gasteiger partial charge is 0.164 e. The summed E-state index contributed by atoms with van der Waals surface area (Å²) in [6.07, 6.45) is 8.37. The van der Waals surface area contributed by atoms with Crippen molar-refractivity contribution in [3.8, 4) is 62.5 Å². The quantitative estimate of drug-likeness (QED) is 0.172. The molecule has 4 aliphatic rings. The molecule has 2 aromatic heterocycles. The van der Waals surface area contributed by atoms with E-state index in [-0.39, 0.29) is 0 Å². The molecular formula is C50H38N4O. The predicted octanol–water partition coefficient (Wildman–Crippen LogP) is 12.4. The molecule has 55 heavy (non-hydrogen) atoms. The number of rotatable bonds is 6. The first-order valence-electron chi connectivity index (χ1n) is 19.6. The van der Waals surface area contributed by atoms with Gasteiger partial charge in [0.25, 0.3) is 0 Å². The van der Waals surface area contributed by atoms with Crippen molar-refractivity contribution >= 4 is 21.9 Å². The van der Waals surface area contributed by atoms with Gasteiger partial charge >= 0.3 is 0 Å². The van der Waals surface area contributed by atoms with E-state index in [4.69, 9.17) is 19.4 Å². The molecule has 0 amide bonds. The summed E-state index contributed by atoms with van der Waals surface area (Å²) < 4.78 is 6.36. The first kappa shape index (κ1) is 32.1. The van der Waals surface area contributed by atoms with Crippen LogP contribution in [0.15, 0.2) is 144 Å². The van der Waals surface area contributed by atoms with E-state index in [1.165, 1.54) is 44.1 Å². The summed E-state index contributed by atoms with van der Waals surface area (Å²) in [7, 11) is 0. The van der Waals surface area contributed by atoms with Crippen molar-refractivity contribution in [2.24, 2.45) is 17.8 Å². The van der Waals surface area contributed by atoms with E-state index in [0.29, 0.717) is 28.5 Å². The molecule has 4 fully saturated rings. The third-order valence-corrected chi connectivity index (χ3v) is 12.7. The molecule has 8 aromatic rings. The molecule has 0 radical (unpaired) electrons. The first-order chi connectivity index (χ1) is 27.1. The van der Waals surface area contributed by atoms with E-state index >= 15 is 0 Å². The van der Waals surface area contributed by atoms with Gasteiger partial charge in [-0.1, -0.05) is 115 Å². The van der Waals surface area contributed by atoms with Gasteiger partial charge in [0.05, 0.1) is 11.6 Å². The number of furan rings is 1. The van der Waals surface area contributed by atoms with E-state index in [1.54, 1.807) is 6.07 Å². The van der Waals surface area contributed by atoms with Crippen LogP contribution in [0.25, 0.3) is 78.4 Å². The number of fused-ring (bicyclic) bond motifs is 3. The van der Waals surface area contributed by atoms with E-state index in [0.717, 1.165) is 78.6 Å². The lowest BCUT2D eigenvalue weighted by molar-refractivity contribution is -0.00518. The van der Waals surface area contributed by atoms with Gasteiger partial charge in [0.15, 0.2) is 17.5 Å². The Balaban J connectivity index is 0.986. The van der Waals surface area contributed by atoms with Crippen molar-refractivity contribution in [1.29, 1.82) is 5.26 Å². The number of para-hydroxylation sites is 1. The highest BCUT2D eigenvalue weighted by Gasteiger charge is 2.51. The van der Waals surface area contributed by atoms with Crippen LogP contribution < -0.4 is 0 Å². The summed E-state index contributed by atoms with van der Waals surface area (Å²) in [4.78, 5) is 15.4. The maximum absolute atomic E-state index is 9.49. The molecule has 2 heterocycles. The van der Waals surface area contributed by atoms with Crippen LogP contribution in [0.1, 0.15) is 49.7 Å². The Labute approximate surface area is 320 Å². The number of aromatic nitrogens is 3. The van der Waals surface area contributed by atoms with Crippen LogP contribution in [0, 0.1) is 29.1 Å². The minimum Gasteiger partial charge on any atom is -0.455 e. The van der Waals surface area contributed by atoms with Gasteiger partial charge in [-0.3, -0.25) is 0 Å². The number of hydrogen-bond donors (Lipinski definition) is 0. The van der Waals surface area contributed by atoms with E-state index in [1.807, 2.05) is 24.3 Å². The highest BCUT2D eigenvalue weighted by molar-refractivity contribution is 6.09. The molecule has 12 rings (SSSR count). The second-order valence-electron chi connectivity index (χ2n) is 16.2. The van der Waals surface area contributed by atoms with Crippen molar-refractivity contribution in [3.05, 3.63) is 151 Å². The third-order valence-electron chi connectivity index (χ3n) is 12.7. The summed E-state index contributed by atoms with van der Waals surface area (Å²) >= 11 is 0. The fourth-order valence-electron chi connectivity index (χ4n) is 10.6. The van der Waals surface area contributed by atoms with Gasteiger partial charge in [-0.15, -0.1) is 0 Å². The summed E-state index contributed by atoms with van der Waals surface area (Å²) in [5, 5.41) is 11.4.